The minimum Gasteiger partial charge on any atom is -0.369 e. The van der Waals surface area contributed by atoms with Crippen LogP contribution in [0.5, 0.6) is 0 Å². The molecule has 0 spiro atoms. The molecule has 0 unspecified atom stereocenters. The van der Waals surface area contributed by atoms with Crippen molar-refractivity contribution in [1.82, 2.24) is 10.2 Å². The van der Waals surface area contributed by atoms with Crippen LogP contribution in [0.25, 0.3) is 0 Å². The highest BCUT2D eigenvalue weighted by molar-refractivity contribution is 7.10. The summed E-state index contributed by atoms with van der Waals surface area (Å²) in [5.41, 5.74) is 0. The molecule has 1 amide bonds. The van der Waals surface area contributed by atoms with Crippen LogP contribution < -0.4 is 5.32 Å². The highest BCUT2D eigenvalue weighted by Gasteiger charge is 2.18. The first-order chi connectivity index (χ1) is 8.56. The van der Waals surface area contributed by atoms with Crippen LogP contribution in [0.4, 0.5) is 0 Å². The molecule has 1 aromatic rings. The molecule has 2 atom stereocenters. The summed E-state index contributed by atoms with van der Waals surface area (Å²) in [6, 6.07) is 4.33. The molecule has 0 aliphatic carbocycles. The summed E-state index contributed by atoms with van der Waals surface area (Å²) in [6.07, 6.45) is -0.388. The normalized spacial score (nSPS) is 14.5. The minimum absolute atomic E-state index is 0.0553. The number of nitrogens with zero attached hydrogens (tertiary/aromatic N) is 1. The number of ether oxygens (including phenoxy) is 1. The van der Waals surface area contributed by atoms with Crippen LogP contribution in [0.1, 0.15) is 24.8 Å². The lowest BCUT2D eigenvalue weighted by Gasteiger charge is -2.24. The number of carbonyl (C=O) groups excluding carboxylic acids is 1. The molecule has 0 saturated carbocycles. The molecule has 0 aliphatic heterocycles. The zero-order valence-corrected chi connectivity index (χ0v) is 12.3. The molecule has 1 rings (SSSR count). The topological polar surface area (TPSA) is 41.6 Å². The van der Waals surface area contributed by atoms with Crippen molar-refractivity contribution in [3.8, 4) is 0 Å². The number of rotatable bonds is 7. The van der Waals surface area contributed by atoms with Gasteiger partial charge in [-0.25, -0.2) is 0 Å². The molecule has 0 aliphatic rings. The summed E-state index contributed by atoms with van der Waals surface area (Å²) in [5, 5.41) is 4.99. The van der Waals surface area contributed by atoms with E-state index in [1.807, 2.05) is 27.1 Å². The number of nitrogens with one attached hydrogen (secondary N) is 1. The lowest BCUT2D eigenvalue weighted by molar-refractivity contribution is -0.131. The van der Waals surface area contributed by atoms with Crippen LogP contribution in [0.15, 0.2) is 17.5 Å². The first-order valence-electron chi connectivity index (χ1n) is 6.15. The second-order valence-electron chi connectivity index (χ2n) is 4.34. The molecule has 0 aromatic carbocycles. The summed E-state index contributed by atoms with van der Waals surface area (Å²) >= 11 is 1.71. The van der Waals surface area contributed by atoms with Crippen molar-refractivity contribution < 1.29 is 9.53 Å². The van der Waals surface area contributed by atoms with E-state index in [0.717, 1.165) is 0 Å². The zero-order chi connectivity index (χ0) is 13.5. The molecule has 1 N–H and O–H groups in total. The van der Waals surface area contributed by atoms with Crippen molar-refractivity contribution in [1.29, 1.82) is 0 Å². The van der Waals surface area contributed by atoms with Gasteiger partial charge in [0.25, 0.3) is 0 Å². The van der Waals surface area contributed by atoms with Gasteiger partial charge < -0.3 is 15.0 Å². The molecule has 5 heteroatoms. The number of carbonyl (C=O) groups is 1. The lowest BCUT2D eigenvalue weighted by Crippen LogP contribution is -2.39. The standard InChI is InChI=1S/C13H22N2O2S/c1-5-17-10(2)13(16)14-9-11(15(3)4)12-7-6-8-18-12/h6-8,10-11H,5,9H2,1-4H3,(H,14,16)/t10-,11-/m1/s1. The maximum Gasteiger partial charge on any atom is 0.248 e. The Labute approximate surface area is 113 Å². The van der Waals surface area contributed by atoms with Crippen LogP contribution >= 0.6 is 11.3 Å². The summed E-state index contributed by atoms with van der Waals surface area (Å²) in [5.74, 6) is -0.0553. The van der Waals surface area contributed by atoms with Crippen molar-refractivity contribution in [2.75, 3.05) is 27.2 Å². The Hall–Kier alpha value is -0.910. The average molecular weight is 270 g/mol. The van der Waals surface area contributed by atoms with Crippen molar-refractivity contribution >= 4 is 17.2 Å². The maximum atomic E-state index is 11.8. The number of hydrogen-bond donors (Lipinski definition) is 1. The first-order valence-corrected chi connectivity index (χ1v) is 7.03. The van der Waals surface area contributed by atoms with E-state index < -0.39 is 0 Å². The van der Waals surface area contributed by atoms with E-state index in [0.29, 0.717) is 13.2 Å². The fraction of sp³-hybridized carbons (Fsp3) is 0.615. The quantitative estimate of drug-likeness (QED) is 0.822. The van der Waals surface area contributed by atoms with Gasteiger partial charge in [-0.05, 0) is 39.4 Å². The van der Waals surface area contributed by atoms with E-state index in [4.69, 9.17) is 4.74 Å². The van der Waals surface area contributed by atoms with E-state index in [1.165, 1.54) is 4.88 Å². The number of hydrogen-bond acceptors (Lipinski definition) is 4. The van der Waals surface area contributed by atoms with Crippen molar-refractivity contribution in [3.05, 3.63) is 22.4 Å². The Morgan fingerprint density at radius 1 is 1.56 bits per heavy atom. The highest BCUT2D eigenvalue weighted by atomic mass is 32.1. The molecule has 0 saturated heterocycles. The van der Waals surface area contributed by atoms with Gasteiger partial charge in [-0.2, -0.15) is 0 Å². The summed E-state index contributed by atoms with van der Waals surface area (Å²) in [7, 11) is 4.03. The zero-order valence-electron chi connectivity index (χ0n) is 11.5. The Morgan fingerprint density at radius 3 is 2.78 bits per heavy atom. The van der Waals surface area contributed by atoms with Crippen LogP contribution in [-0.2, 0) is 9.53 Å². The Morgan fingerprint density at radius 2 is 2.28 bits per heavy atom. The molecular formula is C13H22N2O2S. The second kappa shape index (κ2) is 7.51. The summed E-state index contributed by atoms with van der Waals surface area (Å²) in [4.78, 5) is 15.1. The molecule has 4 nitrogen and oxygen atoms in total. The largest absolute Gasteiger partial charge is 0.369 e. The number of thiophene rings is 1. The van der Waals surface area contributed by atoms with Crippen molar-refractivity contribution in [3.63, 3.8) is 0 Å². The first kappa shape index (κ1) is 15.1. The highest BCUT2D eigenvalue weighted by Crippen LogP contribution is 2.22. The van der Waals surface area contributed by atoms with Crippen molar-refractivity contribution in [2.45, 2.75) is 26.0 Å². The summed E-state index contributed by atoms with van der Waals surface area (Å²) in [6.45, 7) is 4.81. The Kier molecular flexibility index (Phi) is 6.32. The van der Waals surface area contributed by atoms with Gasteiger partial charge >= 0.3 is 0 Å². The van der Waals surface area contributed by atoms with Gasteiger partial charge in [-0.1, -0.05) is 6.07 Å². The Bertz CT molecular complexity index is 352. The predicted molar refractivity (Wildman–Crippen MR) is 74.8 cm³/mol. The molecular weight excluding hydrogens is 248 g/mol. The van der Waals surface area contributed by atoms with E-state index in [1.54, 1.807) is 18.3 Å². The third-order valence-electron chi connectivity index (χ3n) is 2.75. The molecule has 102 valence electrons. The van der Waals surface area contributed by atoms with Gasteiger partial charge in [0.15, 0.2) is 0 Å². The number of amides is 1. The van der Waals surface area contributed by atoms with Gasteiger partial charge in [0.1, 0.15) is 6.10 Å². The monoisotopic (exact) mass is 270 g/mol. The smallest absolute Gasteiger partial charge is 0.248 e. The molecule has 1 heterocycles. The molecule has 0 radical (unpaired) electrons. The SMILES string of the molecule is CCO[C@H](C)C(=O)NC[C@H](c1cccs1)N(C)C. The van der Waals surface area contributed by atoms with Gasteiger partial charge in [-0.3, -0.25) is 4.79 Å². The van der Waals surface area contributed by atoms with E-state index >= 15 is 0 Å². The maximum absolute atomic E-state index is 11.8. The number of likely N-dealkylation sites (N-methyl/N-ethyl adjacent to an activating group) is 1. The van der Waals surface area contributed by atoms with E-state index in [9.17, 15) is 4.79 Å². The molecule has 0 fully saturated rings. The average Bonchev–Trinajstić information content (AvgIpc) is 2.82. The van der Waals surface area contributed by atoms with Gasteiger partial charge in [0, 0.05) is 18.0 Å². The van der Waals surface area contributed by atoms with Crippen LogP contribution in [0.3, 0.4) is 0 Å². The van der Waals surface area contributed by atoms with Crippen LogP contribution in [0.2, 0.25) is 0 Å². The van der Waals surface area contributed by atoms with Crippen molar-refractivity contribution in [2.24, 2.45) is 0 Å². The molecule has 0 bridgehead atoms. The molecule has 18 heavy (non-hydrogen) atoms. The van der Waals surface area contributed by atoms with Crippen LogP contribution in [-0.4, -0.2) is 44.2 Å². The fourth-order valence-corrected chi connectivity index (χ4v) is 2.61. The third kappa shape index (κ3) is 4.40. The Balaban J connectivity index is 2.51. The predicted octanol–water partition coefficient (Wildman–Crippen LogP) is 1.89. The van der Waals surface area contributed by atoms with E-state index in [-0.39, 0.29) is 18.1 Å². The minimum atomic E-state index is -0.388. The van der Waals surface area contributed by atoms with Crippen LogP contribution in [0, 0.1) is 0 Å². The molecule has 1 aromatic heterocycles. The summed E-state index contributed by atoms with van der Waals surface area (Å²) < 4.78 is 5.26. The third-order valence-corrected chi connectivity index (χ3v) is 3.72. The lowest BCUT2D eigenvalue weighted by atomic mass is 10.2. The van der Waals surface area contributed by atoms with Gasteiger partial charge in [0.05, 0.1) is 6.04 Å². The van der Waals surface area contributed by atoms with Gasteiger partial charge in [0.2, 0.25) is 5.91 Å². The van der Waals surface area contributed by atoms with E-state index in [2.05, 4.69) is 21.7 Å². The fourth-order valence-electron chi connectivity index (χ4n) is 1.69. The second-order valence-corrected chi connectivity index (χ2v) is 5.32. The van der Waals surface area contributed by atoms with Gasteiger partial charge in [-0.15, -0.1) is 11.3 Å².